The predicted octanol–water partition coefficient (Wildman–Crippen LogP) is 3.64. The first-order valence-electron chi connectivity index (χ1n) is 4.94. The van der Waals surface area contributed by atoms with Crippen LogP contribution in [0.4, 0.5) is 0 Å². The van der Waals surface area contributed by atoms with E-state index in [2.05, 4.69) is 12.8 Å². The summed E-state index contributed by atoms with van der Waals surface area (Å²) < 4.78 is 5.65. The van der Waals surface area contributed by atoms with Crippen molar-refractivity contribution in [2.45, 2.75) is 0 Å². The Kier molecular flexibility index (Phi) is 2.93. The number of hydrogen-bond acceptors (Lipinski definition) is 1. The Labute approximate surface area is 95.7 Å². The van der Waals surface area contributed by atoms with Crippen molar-refractivity contribution < 1.29 is 4.74 Å². The van der Waals surface area contributed by atoms with Crippen LogP contribution < -0.4 is 4.74 Å². The molecule has 0 aliphatic heterocycles. The second-order valence-corrected chi connectivity index (χ2v) is 3.42. The molecule has 0 unspecified atom stereocenters. The molecule has 0 N–H and O–H groups in total. The zero-order valence-corrected chi connectivity index (χ0v) is 8.81. The lowest BCUT2D eigenvalue weighted by Crippen LogP contribution is -1.84. The van der Waals surface area contributed by atoms with E-state index in [1.54, 1.807) is 0 Å². The predicted molar refractivity (Wildman–Crippen MR) is 65.4 cm³/mol. The third kappa shape index (κ3) is 2.43. The minimum Gasteiger partial charge on any atom is -0.457 e. The van der Waals surface area contributed by atoms with Gasteiger partial charge in [0.05, 0.1) is 0 Å². The third-order valence-corrected chi connectivity index (χ3v) is 2.16. The average Bonchev–Trinajstić information content (AvgIpc) is 2.30. The summed E-state index contributed by atoms with van der Waals surface area (Å²) in [7, 11) is 0. The van der Waals surface area contributed by atoms with Gasteiger partial charge in [-0.25, -0.2) is 0 Å². The van der Waals surface area contributed by atoms with E-state index in [9.17, 15) is 0 Å². The molecule has 0 saturated carbocycles. The minimum absolute atomic E-state index is 0.768. The van der Waals surface area contributed by atoms with Gasteiger partial charge < -0.3 is 4.74 Å². The van der Waals surface area contributed by atoms with Gasteiger partial charge in [-0.2, -0.15) is 0 Å². The molecule has 0 amide bonds. The number of terminal acetylenes is 1. The SMILES string of the molecule is C#Cc1ccc(Oc2cccc([CH2])c2)cc1. The van der Waals surface area contributed by atoms with Gasteiger partial charge in [0, 0.05) is 5.56 Å². The maximum atomic E-state index is 5.65. The topological polar surface area (TPSA) is 9.23 Å². The van der Waals surface area contributed by atoms with Crippen molar-refractivity contribution in [3.05, 3.63) is 66.6 Å². The van der Waals surface area contributed by atoms with Gasteiger partial charge in [-0.3, -0.25) is 0 Å². The fourth-order valence-electron chi connectivity index (χ4n) is 1.36. The molecule has 1 heteroatoms. The third-order valence-electron chi connectivity index (χ3n) is 2.16. The molecule has 2 aromatic carbocycles. The highest BCUT2D eigenvalue weighted by Crippen LogP contribution is 2.22. The zero-order chi connectivity index (χ0) is 11.4. The smallest absolute Gasteiger partial charge is 0.127 e. The lowest BCUT2D eigenvalue weighted by Gasteiger charge is -2.06. The first kappa shape index (κ1) is 10.3. The number of rotatable bonds is 2. The Bertz CT molecular complexity index is 518. The molecule has 0 aliphatic rings. The van der Waals surface area contributed by atoms with Gasteiger partial charge >= 0.3 is 0 Å². The van der Waals surface area contributed by atoms with Crippen LogP contribution in [-0.4, -0.2) is 0 Å². The van der Waals surface area contributed by atoms with Crippen molar-refractivity contribution >= 4 is 0 Å². The Morgan fingerprint density at radius 1 is 1.00 bits per heavy atom. The van der Waals surface area contributed by atoms with Gasteiger partial charge in [0.2, 0.25) is 0 Å². The number of ether oxygens (including phenoxy) is 1. The van der Waals surface area contributed by atoms with Crippen molar-refractivity contribution in [1.29, 1.82) is 0 Å². The standard InChI is InChI=1S/C15H11O/c1-3-13-7-9-14(10-8-13)16-15-6-4-5-12(2)11-15/h1,4-11H,2H2. The molecule has 0 fully saturated rings. The fourth-order valence-corrected chi connectivity index (χ4v) is 1.36. The van der Waals surface area contributed by atoms with E-state index in [0.29, 0.717) is 0 Å². The Balaban J connectivity index is 2.18. The molecule has 0 heterocycles. The van der Waals surface area contributed by atoms with Crippen molar-refractivity contribution in [3.63, 3.8) is 0 Å². The largest absolute Gasteiger partial charge is 0.457 e. The highest BCUT2D eigenvalue weighted by molar-refractivity contribution is 5.39. The molecular formula is C15H11O. The summed E-state index contributed by atoms with van der Waals surface area (Å²) in [4.78, 5) is 0. The Morgan fingerprint density at radius 2 is 1.75 bits per heavy atom. The maximum absolute atomic E-state index is 5.65. The molecule has 2 rings (SSSR count). The summed E-state index contributed by atoms with van der Waals surface area (Å²) in [6, 6.07) is 15.0. The lowest BCUT2D eigenvalue weighted by molar-refractivity contribution is 0.482. The first-order chi connectivity index (χ1) is 7.78. The van der Waals surface area contributed by atoms with Crippen LogP contribution in [0.1, 0.15) is 11.1 Å². The monoisotopic (exact) mass is 207 g/mol. The number of benzene rings is 2. The van der Waals surface area contributed by atoms with E-state index in [1.807, 2.05) is 48.5 Å². The molecule has 0 aliphatic carbocycles. The second-order valence-electron chi connectivity index (χ2n) is 3.42. The van der Waals surface area contributed by atoms with Gasteiger partial charge in [-0.1, -0.05) is 18.1 Å². The van der Waals surface area contributed by atoms with Crippen LogP contribution in [0.15, 0.2) is 48.5 Å². The normalized spacial score (nSPS) is 9.50. The number of hydrogen-bond donors (Lipinski definition) is 0. The van der Waals surface area contributed by atoms with Crippen molar-refractivity contribution in [3.8, 4) is 23.8 Å². The summed E-state index contributed by atoms with van der Waals surface area (Å²) in [5, 5.41) is 0. The van der Waals surface area contributed by atoms with Crippen molar-refractivity contribution in [2.24, 2.45) is 0 Å². The zero-order valence-electron chi connectivity index (χ0n) is 8.81. The summed E-state index contributed by atoms with van der Waals surface area (Å²) in [5.41, 5.74) is 1.77. The van der Waals surface area contributed by atoms with Crippen LogP contribution in [0.3, 0.4) is 0 Å². The molecule has 0 spiro atoms. The van der Waals surface area contributed by atoms with E-state index in [-0.39, 0.29) is 0 Å². The Hall–Kier alpha value is -2.20. The van der Waals surface area contributed by atoms with Crippen LogP contribution in [-0.2, 0) is 0 Å². The average molecular weight is 207 g/mol. The molecule has 1 nitrogen and oxygen atoms in total. The first-order valence-corrected chi connectivity index (χ1v) is 4.94. The van der Waals surface area contributed by atoms with Gasteiger partial charge in [0.15, 0.2) is 0 Å². The summed E-state index contributed by atoms with van der Waals surface area (Å²) in [6.45, 7) is 3.84. The molecule has 77 valence electrons. The lowest BCUT2D eigenvalue weighted by atomic mass is 10.2. The molecule has 16 heavy (non-hydrogen) atoms. The second kappa shape index (κ2) is 4.55. The minimum atomic E-state index is 0.768. The van der Waals surface area contributed by atoms with Gasteiger partial charge in [0.25, 0.3) is 0 Å². The van der Waals surface area contributed by atoms with Crippen LogP contribution in [0, 0.1) is 19.3 Å². The summed E-state index contributed by atoms with van der Waals surface area (Å²) in [6.07, 6.45) is 5.27. The van der Waals surface area contributed by atoms with E-state index in [1.165, 1.54) is 0 Å². The molecule has 0 atom stereocenters. The van der Waals surface area contributed by atoms with Crippen LogP contribution >= 0.6 is 0 Å². The maximum Gasteiger partial charge on any atom is 0.127 e. The van der Waals surface area contributed by atoms with Crippen molar-refractivity contribution in [1.82, 2.24) is 0 Å². The fraction of sp³-hybridized carbons (Fsp3) is 0. The molecular weight excluding hydrogens is 196 g/mol. The van der Waals surface area contributed by atoms with E-state index in [4.69, 9.17) is 11.2 Å². The quantitative estimate of drug-likeness (QED) is 0.683. The van der Waals surface area contributed by atoms with Crippen LogP contribution in [0.25, 0.3) is 0 Å². The van der Waals surface area contributed by atoms with Gasteiger partial charge in [-0.15, -0.1) is 6.42 Å². The summed E-state index contributed by atoms with van der Waals surface area (Å²) in [5.74, 6) is 4.11. The molecule has 0 saturated heterocycles. The molecule has 0 aromatic heterocycles. The van der Waals surface area contributed by atoms with Gasteiger partial charge in [-0.05, 0) is 48.9 Å². The van der Waals surface area contributed by atoms with E-state index >= 15 is 0 Å². The highest BCUT2D eigenvalue weighted by atomic mass is 16.5. The van der Waals surface area contributed by atoms with Crippen LogP contribution in [0.2, 0.25) is 0 Å². The highest BCUT2D eigenvalue weighted by Gasteiger charge is 1.97. The molecule has 2 aromatic rings. The van der Waals surface area contributed by atoms with E-state index < -0.39 is 0 Å². The van der Waals surface area contributed by atoms with Crippen molar-refractivity contribution in [2.75, 3.05) is 0 Å². The molecule has 0 bridgehead atoms. The van der Waals surface area contributed by atoms with E-state index in [0.717, 1.165) is 22.6 Å². The van der Waals surface area contributed by atoms with Crippen LogP contribution in [0.5, 0.6) is 11.5 Å². The van der Waals surface area contributed by atoms with Gasteiger partial charge in [0.1, 0.15) is 11.5 Å². The molecule has 1 radical (unpaired) electrons. The Morgan fingerprint density at radius 3 is 2.38 bits per heavy atom. The summed E-state index contributed by atoms with van der Waals surface area (Å²) >= 11 is 0.